The van der Waals surface area contributed by atoms with Gasteiger partial charge in [0.1, 0.15) is 0 Å². The van der Waals surface area contributed by atoms with E-state index in [1.54, 1.807) is 109 Å². The standard InChI is InChI=1S/C19H17NO3.C14H6I2O2.C14H7IO2.C14H8O2.C10H6O2.CH3I2P.CH4/c1-2-3-10-20-19(23)12-8-9-15-16(11-12)18(22)14-7-5-4-6-13(14)17(15)21;15-7-1-3-9-10-4-2-8(16)6-12(10)14(18)13(17)11(9)5-7;15-8-5-6-10-9-3-1-2-4-11(9)13(16)14(17)12(10)7-8;15-13-11-7-3-1-5-9(11)10-6-2-4-8-12(10)14(13)16;11-9-6-5-7-3-1-2-4-8(7)10(9)12;1-4(2)3;/h4-9,11H,2-3,10H2,1H3,(H,20,23);1-6H;1-7H;1-8H;1-6H;1H3;1H4. The molecule has 0 aromatic heterocycles. The number of nitrogens with one attached hydrogen (secondary N) is 1. The van der Waals surface area contributed by atoms with Crippen molar-refractivity contribution in [3.8, 4) is 33.4 Å². The normalized spacial score (nSPS) is 12.9. The van der Waals surface area contributed by atoms with E-state index in [1.165, 1.54) is 12.1 Å². The molecule has 91 heavy (non-hydrogen) atoms. The van der Waals surface area contributed by atoms with E-state index in [-0.39, 0.29) is 24.9 Å². The molecule has 0 atom stereocenters. The Morgan fingerprint density at radius 3 is 1.02 bits per heavy atom. The molecule has 1 N–H and O–H groups in total. The van der Waals surface area contributed by atoms with Crippen LogP contribution < -0.4 is 5.32 Å². The second-order valence-corrected chi connectivity index (χ2v) is 39.0. The van der Waals surface area contributed by atoms with Gasteiger partial charge in [-0.1, -0.05) is 166 Å². The molecule has 0 saturated carbocycles. The Labute approximate surface area is 593 Å². The average molecular weight is 1780 g/mol. The van der Waals surface area contributed by atoms with Gasteiger partial charge in [-0.25, -0.2) is 0 Å². The van der Waals surface area contributed by atoms with Crippen LogP contribution in [0.1, 0.15) is 147 Å². The van der Waals surface area contributed by atoms with Crippen LogP contribution in [0.2, 0.25) is 0 Å². The third-order valence-electron chi connectivity index (χ3n) is 14.5. The fraction of sp³-hybridized carbons (Fsp3) is 0.0822. The first kappa shape index (κ1) is 69.9. The highest BCUT2D eigenvalue weighted by atomic mass is 127. The van der Waals surface area contributed by atoms with Crippen LogP contribution in [0.15, 0.2) is 200 Å². The van der Waals surface area contributed by atoms with Crippen LogP contribution in [0, 0.1) is 10.7 Å². The topological polar surface area (TPSA) is 200 Å². The van der Waals surface area contributed by atoms with Crippen molar-refractivity contribution in [1.29, 1.82) is 0 Å². The van der Waals surface area contributed by atoms with Gasteiger partial charge in [0.15, 0.2) is 11.6 Å². The lowest BCUT2D eigenvalue weighted by molar-refractivity contribution is -0.111. The zero-order valence-electron chi connectivity index (χ0n) is 47.6. The monoisotopic (exact) mass is 1780 g/mol. The fourth-order valence-corrected chi connectivity index (χ4v) is 11.7. The highest BCUT2D eigenvalue weighted by molar-refractivity contribution is 14.3. The molecule has 454 valence electrons. The van der Waals surface area contributed by atoms with E-state index in [1.807, 2.05) is 91.9 Å². The van der Waals surface area contributed by atoms with Crippen molar-refractivity contribution < 1.29 is 52.7 Å². The zero-order chi connectivity index (χ0) is 64.5. The lowest BCUT2D eigenvalue weighted by Gasteiger charge is -2.18. The number of fused-ring (bicyclic) bond motifs is 12. The average Bonchev–Trinajstić information content (AvgIpc) is 0.881. The van der Waals surface area contributed by atoms with Crippen molar-refractivity contribution in [3.05, 3.63) is 283 Å². The van der Waals surface area contributed by atoms with Gasteiger partial charge in [0.25, 0.3) is 5.91 Å². The predicted molar refractivity (Wildman–Crippen MR) is 399 cm³/mol. The lowest BCUT2D eigenvalue weighted by atomic mass is 9.83. The Kier molecular flexibility index (Phi) is 24.2. The minimum atomic E-state index is -0.436. The van der Waals surface area contributed by atoms with Gasteiger partial charge in [-0.3, -0.25) is 52.7 Å². The number of allylic oxidation sites excluding steroid dienone is 1. The van der Waals surface area contributed by atoms with Gasteiger partial charge in [-0.2, -0.15) is 0 Å². The van der Waals surface area contributed by atoms with Gasteiger partial charge in [0, 0.05) is 87.2 Å². The van der Waals surface area contributed by atoms with Gasteiger partial charge in [-0.05, 0) is 225 Å². The molecule has 0 spiro atoms. The highest BCUT2D eigenvalue weighted by Gasteiger charge is 2.34. The summed E-state index contributed by atoms with van der Waals surface area (Å²) in [6, 6.07) is 57.1. The van der Waals surface area contributed by atoms with Gasteiger partial charge < -0.3 is 5.32 Å². The Morgan fingerprint density at radius 1 is 0.352 bits per heavy atom. The molecule has 5 aliphatic rings. The first-order valence-corrected chi connectivity index (χ1v) is 38.3. The molecule has 5 aliphatic carbocycles. The molecule has 9 aromatic carbocycles. The number of amides is 1. The van der Waals surface area contributed by atoms with Crippen molar-refractivity contribution in [2.75, 3.05) is 13.2 Å². The number of unbranched alkanes of at least 4 members (excludes halogenated alkanes) is 1. The molecule has 1 amide bonds. The van der Waals surface area contributed by atoms with E-state index in [2.05, 4.69) is 124 Å². The molecule has 0 saturated heterocycles. The van der Waals surface area contributed by atoms with E-state index in [0.29, 0.717) is 76.5 Å². The highest BCUT2D eigenvalue weighted by Crippen LogP contribution is 2.49. The van der Waals surface area contributed by atoms with Gasteiger partial charge >= 0.3 is 0 Å². The third kappa shape index (κ3) is 15.7. The van der Waals surface area contributed by atoms with Gasteiger partial charge in [0.2, 0.25) is 46.3 Å². The Morgan fingerprint density at radius 2 is 0.637 bits per heavy atom. The summed E-state index contributed by atoms with van der Waals surface area (Å²) in [6.45, 7) is 4.85. The second-order valence-electron chi connectivity index (χ2n) is 20.3. The van der Waals surface area contributed by atoms with Crippen LogP contribution in [0.5, 0.6) is 0 Å². The summed E-state index contributed by atoms with van der Waals surface area (Å²) in [4.78, 5) is 131. The summed E-state index contributed by atoms with van der Waals surface area (Å²) < 4.78 is 3.20. The number of rotatable bonds is 4. The third-order valence-corrected chi connectivity index (χ3v) is 16.5. The van der Waals surface area contributed by atoms with E-state index in [0.717, 1.165) is 62.5 Å². The van der Waals surface area contributed by atoms with Crippen molar-refractivity contribution in [2.45, 2.75) is 27.2 Å². The summed E-state index contributed by atoms with van der Waals surface area (Å²) in [5.41, 5.74) is 11.4. The van der Waals surface area contributed by atoms with Crippen molar-refractivity contribution in [2.24, 2.45) is 0 Å². The maximum Gasteiger partial charge on any atom is 0.251 e. The van der Waals surface area contributed by atoms with Crippen LogP contribution in [0.4, 0.5) is 0 Å². The maximum absolute atomic E-state index is 12.6. The van der Waals surface area contributed by atoms with Crippen LogP contribution in [0.3, 0.4) is 0 Å². The number of halogens is 5. The minimum absolute atomic E-state index is 0. The Balaban J connectivity index is 0.000000146. The summed E-state index contributed by atoms with van der Waals surface area (Å²) >= 11 is 11.2. The summed E-state index contributed by atoms with van der Waals surface area (Å²) in [5, 5.41) is 2.82. The number of hydrogen-bond acceptors (Lipinski definition) is 11. The van der Waals surface area contributed by atoms with E-state index >= 15 is 0 Å². The van der Waals surface area contributed by atoms with Gasteiger partial charge in [0.05, 0.1) is 0 Å². The first-order valence-electron chi connectivity index (χ1n) is 27.7. The molecular formula is C73H51I5NO11P. The van der Waals surface area contributed by atoms with E-state index < -0.39 is 46.3 Å². The molecule has 12 nitrogen and oxygen atoms in total. The summed E-state index contributed by atoms with van der Waals surface area (Å²) in [5.74, 6) is -3.89. The second kappa shape index (κ2) is 31.5. The molecule has 14 rings (SSSR count). The molecule has 0 radical (unpaired) electrons. The number of benzene rings is 9. The molecule has 0 aliphatic heterocycles. The Bertz CT molecular complexity index is 4430. The Hall–Kier alpha value is -7.03. The lowest BCUT2D eigenvalue weighted by Crippen LogP contribution is -2.26. The van der Waals surface area contributed by atoms with Crippen LogP contribution in [-0.4, -0.2) is 76.9 Å². The van der Waals surface area contributed by atoms with Crippen molar-refractivity contribution in [1.82, 2.24) is 5.32 Å². The molecule has 0 unspecified atom stereocenters. The zero-order valence-corrected chi connectivity index (χ0v) is 59.3. The largest absolute Gasteiger partial charge is 0.352 e. The van der Waals surface area contributed by atoms with E-state index in [4.69, 9.17) is 0 Å². The minimum Gasteiger partial charge on any atom is -0.352 e. The smallest absolute Gasteiger partial charge is 0.251 e. The molecule has 0 heterocycles. The molecule has 18 heteroatoms. The number of Topliss-reactive ketones (excluding diaryl/α,β-unsaturated/α-hetero) is 7. The maximum atomic E-state index is 12.6. The van der Waals surface area contributed by atoms with Gasteiger partial charge in [-0.15, -0.1) is 0 Å². The SMILES string of the molecule is C.CCCCNC(=O)c1ccc2c(c1)C(=O)c1ccccc1C2=O.CP(I)I.O=C1C(=O)c2cc(I)ccc2-c2ccc(I)cc21.O=C1C(=O)c2cc(I)ccc2-c2ccccc21.O=C1C(=O)c2ccccc2-c2ccccc21.O=C1C=Cc2ccccc2C1=O. The predicted octanol–water partition coefficient (Wildman–Crippen LogP) is 17.9. The molecule has 9 aromatic rings. The van der Waals surface area contributed by atoms with Crippen LogP contribution in [0.25, 0.3) is 39.5 Å². The first-order chi connectivity index (χ1) is 43.2. The molecular weight excluding hydrogens is 1730 g/mol. The molecule has 0 fully saturated rings. The fourth-order valence-electron chi connectivity index (χ4n) is 10.2. The summed E-state index contributed by atoms with van der Waals surface area (Å²) in [6.07, 6.45) is 4.87. The van der Waals surface area contributed by atoms with Crippen LogP contribution >= 0.6 is 115 Å². The quantitative estimate of drug-likeness (QED) is 0.0761. The number of carbonyl (C=O) groups is 11. The summed E-state index contributed by atoms with van der Waals surface area (Å²) in [7, 11) is 0. The van der Waals surface area contributed by atoms with E-state index in [9.17, 15) is 52.7 Å². The number of hydrogen-bond donors (Lipinski definition) is 1. The number of carbonyl (C=O) groups excluding carboxylic acids is 11. The number of ketones is 10. The van der Waals surface area contributed by atoms with Crippen molar-refractivity contribution in [3.63, 3.8) is 0 Å². The van der Waals surface area contributed by atoms with Crippen LogP contribution in [-0.2, 0) is 4.79 Å². The van der Waals surface area contributed by atoms with Crippen molar-refractivity contribution >= 4 is 185 Å². The molecule has 0 bridgehead atoms.